The maximum atomic E-state index is 4.28. The van der Waals surface area contributed by atoms with Crippen molar-refractivity contribution in [2.75, 3.05) is 14.1 Å². The first-order valence-electron chi connectivity index (χ1n) is 3.46. The van der Waals surface area contributed by atoms with Crippen LogP contribution in [0.15, 0.2) is 22.6 Å². The molecule has 1 rings (SSSR count). The van der Waals surface area contributed by atoms with Gasteiger partial charge in [0.1, 0.15) is 0 Å². The topological polar surface area (TPSA) is 15.6 Å². The molecule has 1 heterocycles. The monoisotopic (exact) mass is 168 g/mol. The number of thiophene rings is 1. The highest BCUT2D eigenvalue weighted by molar-refractivity contribution is 7.12. The molecule has 0 aliphatic carbocycles. The molecule has 0 aliphatic heterocycles. The van der Waals surface area contributed by atoms with Crippen LogP contribution < -0.4 is 0 Å². The van der Waals surface area contributed by atoms with Gasteiger partial charge in [0.05, 0.1) is 5.71 Å². The highest BCUT2D eigenvalue weighted by Crippen LogP contribution is 2.09. The maximum Gasteiger partial charge on any atom is 0.0745 e. The Bertz CT molecular complexity index is 237. The van der Waals surface area contributed by atoms with E-state index in [2.05, 4.69) is 16.5 Å². The van der Waals surface area contributed by atoms with Crippen LogP contribution >= 0.6 is 11.3 Å². The Morgan fingerprint density at radius 2 is 2.27 bits per heavy atom. The molecule has 3 heteroatoms. The minimum atomic E-state index is 1.07. The maximum absolute atomic E-state index is 4.28. The number of hydrogen-bond acceptors (Lipinski definition) is 3. The molecule has 2 nitrogen and oxygen atoms in total. The van der Waals surface area contributed by atoms with E-state index >= 15 is 0 Å². The first-order chi connectivity index (χ1) is 5.20. The molecule has 0 saturated carbocycles. The molecule has 0 unspecified atom stereocenters. The van der Waals surface area contributed by atoms with Crippen LogP contribution in [0.1, 0.15) is 11.8 Å². The van der Waals surface area contributed by atoms with Crippen molar-refractivity contribution in [1.82, 2.24) is 5.01 Å². The first kappa shape index (κ1) is 8.27. The van der Waals surface area contributed by atoms with Crippen molar-refractivity contribution >= 4 is 17.0 Å². The molecule has 1 aromatic heterocycles. The Balaban J connectivity index is 2.77. The zero-order chi connectivity index (χ0) is 8.27. The van der Waals surface area contributed by atoms with E-state index in [1.165, 1.54) is 4.88 Å². The van der Waals surface area contributed by atoms with E-state index in [9.17, 15) is 0 Å². The van der Waals surface area contributed by atoms with Gasteiger partial charge in [-0.1, -0.05) is 6.07 Å². The van der Waals surface area contributed by atoms with E-state index in [0.717, 1.165) is 5.71 Å². The lowest BCUT2D eigenvalue weighted by Gasteiger charge is -2.04. The Labute approximate surface area is 71.2 Å². The molecular weight excluding hydrogens is 156 g/mol. The van der Waals surface area contributed by atoms with E-state index in [0.29, 0.717) is 0 Å². The molecule has 0 aromatic carbocycles. The molecular formula is C8H12N2S. The normalized spacial score (nSPS) is 11.7. The van der Waals surface area contributed by atoms with Crippen LogP contribution in [0.2, 0.25) is 0 Å². The highest BCUT2D eigenvalue weighted by Gasteiger charge is 1.96. The molecule has 0 N–H and O–H groups in total. The van der Waals surface area contributed by atoms with Gasteiger partial charge in [0.25, 0.3) is 0 Å². The van der Waals surface area contributed by atoms with Crippen LogP contribution in [0.3, 0.4) is 0 Å². The number of rotatable bonds is 2. The van der Waals surface area contributed by atoms with Gasteiger partial charge in [0.15, 0.2) is 0 Å². The minimum absolute atomic E-state index is 1.07. The predicted octanol–water partition coefficient (Wildman–Crippen LogP) is 2.03. The molecule has 0 radical (unpaired) electrons. The quantitative estimate of drug-likeness (QED) is 0.487. The van der Waals surface area contributed by atoms with Gasteiger partial charge in [0.2, 0.25) is 0 Å². The third-order valence-corrected chi connectivity index (χ3v) is 2.21. The van der Waals surface area contributed by atoms with Crippen molar-refractivity contribution < 1.29 is 0 Å². The lowest BCUT2D eigenvalue weighted by atomic mass is 10.3. The Hall–Kier alpha value is -0.830. The summed E-state index contributed by atoms with van der Waals surface area (Å²) in [5.41, 5.74) is 1.07. The van der Waals surface area contributed by atoms with Gasteiger partial charge >= 0.3 is 0 Å². The van der Waals surface area contributed by atoms with E-state index in [1.54, 1.807) is 11.3 Å². The van der Waals surface area contributed by atoms with Crippen LogP contribution in [-0.4, -0.2) is 24.8 Å². The number of hydrazone groups is 1. The molecule has 0 saturated heterocycles. The average Bonchev–Trinajstić information content (AvgIpc) is 2.35. The summed E-state index contributed by atoms with van der Waals surface area (Å²) in [7, 11) is 3.86. The SMILES string of the molecule is CC(=NN(C)C)c1cccs1. The second-order valence-electron chi connectivity index (χ2n) is 2.51. The van der Waals surface area contributed by atoms with Gasteiger partial charge in [-0.25, -0.2) is 0 Å². The van der Waals surface area contributed by atoms with Crippen LogP contribution in [0.25, 0.3) is 0 Å². The summed E-state index contributed by atoms with van der Waals surface area (Å²) in [5, 5.41) is 8.15. The van der Waals surface area contributed by atoms with Gasteiger partial charge in [-0.2, -0.15) is 5.10 Å². The summed E-state index contributed by atoms with van der Waals surface area (Å²) < 4.78 is 0. The molecule has 0 bridgehead atoms. The predicted molar refractivity (Wildman–Crippen MR) is 50.2 cm³/mol. The average molecular weight is 168 g/mol. The first-order valence-corrected chi connectivity index (χ1v) is 4.34. The fourth-order valence-corrected chi connectivity index (χ4v) is 1.51. The third kappa shape index (κ3) is 2.35. The van der Waals surface area contributed by atoms with Crippen molar-refractivity contribution in [2.45, 2.75) is 6.92 Å². The molecule has 0 amide bonds. The summed E-state index contributed by atoms with van der Waals surface area (Å²) in [5.74, 6) is 0. The molecule has 0 atom stereocenters. The molecule has 0 spiro atoms. The van der Waals surface area contributed by atoms with Crippen molar-refractivity contribution in [3.05, 3.63) is 22.4 Å². The molecule has 60 valence electrons. The summed E-state index contributed by atoms with van der Waals surface area (Å²) in [4.78, 5) is 1.23. The second kappa shape index (κ2) is 3.53. The van der Waals surface area contributed by atoms with Crippen molar-refractivity contribution in [3.8, 4) is 0 Å². The molecule has 0 aliphatic rings. The van der Waals surface area contributed by atoms with Crippen LogP contribution in [0.5, 0.6) is 0 Å². The zero-order valence-electron chi connectivity index (χ0n) is 7.03. The van der Waals surface area contributed by atoms with Crippen LogP contribution in [0, 0.1) is 0 Å². The molecule has 11 heavy (non-hydrogen) atoms. The van der Waals surface area contributed by atoms with Crippen LogP contribution in [0.4, 0.5) is 0 Å². The fraction of sp³-hybridized carbons (Fsp3) is 0.375. The Morgan fingerprint density at radius 1 is 1.55 bits per heavy atom. The van der Waals surface area contributed by atoms with Gasteiger partial charge in [-0.3, -0.25) is 0 Å². The zero-order valence-corrected chi connectivity index (χ0v) is 7.85. The standard InChI is InChI=1S/C8H12N2S/c1-7(9-10(2)3)8-5-4-6-11-8/h4-6H,1-3H3. The summed E-state index contributed by atoms with van der Waals surface area (Å²) in [6.45, 7) is 2.02. The van der Waals surface area contributed by atoms with Gasteiger partial charge in [0, 0.05) is 19.0 Å². The van der Waals surface area contributed by atoms with Gasteiger partial charge in [-0.05, 0) is 18.4 Å². The molecule has 0 fully saturated rings. The van der Waals surface area contributed by atoms with Gasteiger partial charge in [-0.15, -0.1) is 11.3 Å². The smallest absolute Gasteiger partial charge is 0.0745 e. The Morgan fingerprint density at radius 3 is 2.73 bits per heavy atom. The van der Waals surface area contributed by atoms with E-state index in [1.807, 2.05) is 32.1 Å². The van der Waals surface area contributed by atoms with Gasteiger partial charge < -0.3 is 5.01 Å². The highest BCUT2D eigenvalue weighted by atomic mass is 32.1. The van der Waals surface area contributed by atoms with Crippen LogP contribution in [-0.2, 0) is 0 Å². The van der Waals surface area contributed by atoms with Crippen molar-refractivity contribution in [1.29, 1.82) is 0 Å². The number of hydrogen-bond donors (Lipinski definition) is 0. The minimum Gasteiger partial charge on any atom is -0.303 e. The summed E-state index contributed by atoms with van der Waals surface area (Å²) in [6, 6.07) is 4.11. The largest absolute Gasteiger partial charge is 0.303 e. The number of nitrogens with zero attached hydrogens (tertiary/aromatic N) is 2. The second-order valence-corrected chi connectivity index (χ2v) is 3.46. The lowest BCUT2D eigenvalue weighted by molar-refractivity contribution is 0.438. The third-order valence-electron chi connectivity index (χ3n) is 1.23. The summed E-state index contributed by atoms with van der Waals surface area (Å²) in [6.07, 6.45) is 0. The van der Waals surface area contributed by atoms with Crippen molar-refractivity contribution in [3.63, 3.8) is 0 Å². The lowest BCUT2D eigenvalue weighted by Crippen LogP contribution is -2.06. The van der Waals surface area contributed by atoms with E-state index < -0.39 is 0 Å². The Kier molecular flexibility index (Phi) is 2.65. The summed E-state index contributed by atoms with van der Waals surface area (Å²) >= 11 is 1.72. The van der Waals surface area contributed by atoms with E-state index in [4.69, 9.17) is 0 Å². The van der Waals surface area contributed by atoms with E-state index in [-0.39, 0.29) is 0 Å². The fourth-order valence-electron chi connectivity index (χ4n) is 0.834. The molecule has 1 aromatic rings. The van der Waals surface area contributed by atoms with Crippen molar-refractivity contribution in [2.24, 2.45) is 5.10 Å².